The molecule has 1 N–H and O–H groups in total. The van der Waals surface area contributed by atoms with E-state index in [4.69, 9.17) is 25.8 Å². The van der Waals surface area contributed by atoms with Crippen LogP contribution in [0.5, 0.6) is 5.75 Å². The lowest BCUT2D eigenvalue weighted by Crippen LogP contribution is -2.47. The largest absolute Gasteiger partial charge is 0.495 e. The summed E-state index contributed by atoms with van der Waals surface area (Å²) < 4.78 is 16.8. The van der Waals surface area contributed by atoms with Gasteiger partial charge in [-0.25, -0.2) is 0 Å². The molecule has 0 saturated carbocycles. The molecule has 3 rings (SSSR count). The molecule has 21 heavy (non-hydrogen) atoms. The van der Waals surface area contributed by atoms with Gasteiger partial charge in [0.1, 0.15) is 5.75 Å². The van der Waals surface area contributed by atoms with Gasteiger partial charge >= 0.3 is 0 Å². The first-order valence-corrected chi connectivity index (χ1v) is 7.90. The first-order chi connectivity index (χ1) is 10.2. The Kier molecular flexibility index (Phi) is 4.57. The first-order valence-electron chi connectivity index (χ1n) is 7.53. The first kappa shape index (κ1) is 14.9. The lowest BCUT2D eigenvalue weighted by atomic mass is 9.84. The van der Waals surface area contributed by atoms with Gasteiger partial charge in [0.05, 0.1) is 17.7 Å². The molecule has 2 aliphatic heterocycles. The van der Waals surface area contributed by atoms with E-state index in [9.17, 15) is 0 Å². The fourth-order valence-corrected chi connectivity index (χ4v) is 3.42. The van der Waals surface area contributed by atoms with E-state index in [1.165, 1.54) is 0 Å². The van der Waals surface area contributed by atoms with Crippen molar-refractivity contribution in [1.29, 1.82) is 0 Å². The molecule has 1 atom stereocenters. The molecule has 2 fully saturated rings. The lowest BCUT2D eigenvalue weighted by molar-refractivity contribution is -0.135. The maximum atomic E-state index is 6.07. The molecular weight excluding hydrogens is 290 g/mol. The molecule has 4 nitrogen and oxygen atoms in total. The second-order valence-electron chi connectivity index (χ2n) is 5.83. The summed E-state index contributed by atoms with van der Waals surface area (Å²) in [6, 6.07) is 6.24. The Morgan fingerprint density at radius 2 is 2.10 bits per heavy atom. The van der Waals surface area contributed by atoms with Gasteiger partial charge in [-0.1, -0.05) is 11.6 Å². The van der Waals surface area contributed by atoms with Gasteiger partial charge in [-0.2, -0.15) is 0 Å². The Labute approximate surface area is 130 Å². The van der Waals surface area contributed by atoms with Crippen molar-refractivity contribution in [2.45, 2.75) is 37.3 Å². The van der Waals surface area contributed by atoms with Crippen LogP contribution in [0, 0.1) is 0 Å². The molecule has 0 bridgehead atoms. The van der Waals surface area contributed by atoms with Crippen LogP contribution in [0.4, 0.5) is 5.69 Å². The van der Waals surface area contributed by atoms with Gasteiger partial charge in [-0.3, -0.25) is 0 Å². The number of anilines is 1. The summed E-state index contributed by atoms with van der Waals surface area (Å²) in [4.78, 5) is 0. The minimum absolute atomic E-state index is 0.00464. The summed E-state index contributed by atoms with van der Waals surface area (Å²) in [7, 11) is 1.64. The predicted molar refractivity (Wildman–Crippen MR) is 83.4 cm³/mol. The highest BCUT2D eigenvalue weighted by molar-refractivity contribution is 6.32. The van der Waals surface area contributed by atoms with Crippen LogP contribution >= 0.6 is 11.6 Å². The molecule has 0 aromatic heterocycles. The average molecular weight is 312 g/mol. The zero-order valence-corrected chi connectivity index (χ0v) is 13.1. The normalized spacial score (nSPS) is 24.8. The minimum atomic E-state index is 0.00464. The number of rotatable bonds is 3. The van der Waals surface area contributed by atoms with Crippen LogP contribution in [-0.2, 0) is 9.47 Å². The van der Waals surface area contributed by atoms with Gasteiger partial charge in [0, 0.05) is 37.6 Å². The summed E-state index contributed by atoms with van der Waals surface area (Å²) in [6.07, 6.45) is 4.04. The number of ether oxygens (including phenoxy) is 3. The van der Waals surface area contributed by atoms with E-state index in [2.05, 4.69) is 5.32 Å². The Morgan fingerprint density at radius 1 is 1.29 bits per heavy atom. The molecule has 1 unspecified atom stereocenters. The smallest absolute Gasteiger partial charge is 0.139 e. The Morgan fingerprint density at radius 3 is 2.86 bits per heavy atom. The Bertz CT molecular complexity index is 483. The molecule has 2 heterocycles. The molecule has 116 valence electrons. The fourth-order valence-electron chi connectivity index (χ4n) is 3.23. The molecule has 2 aliphatic rings. The van der Waals surface area contributed by atoms with E-state index in [1.807, 2.05) is 18.2 Å². The summed E-state index contributed by atoms with van der Waals surface area (Å²) >= 11 is 6.07. The number of hydrogen-bond donors (Lipinski definition) is 1. The monoisotopic (exact) mass is 311 g/mol. The van der Waals surface area contributed by atoms with Crippen molar-refractivity contribution in [3.8, 4) is 5.75 Å². The third kappa shape index (κ3) is 3.44. The third-order valence-electron chi connectivity index (χ3n) is 4.42. The summed E-state index contributed by atoms with van der Waals surface area (Å²) in [5.41, 5.74) is 1.05. The van der Waals surface area contributed by atoms with Gasteiger partial charge in [0.25, 0.3) is 0 Å². The maximum absolute atomic E-state index is 6.07. The van der Waals surface area contributed by atoms with Crippen LogP contribution in [-0.4, -0.2) is 38.6 Å². The van der Waals surface area contributed by atoms with Crippen molar-refractivity contribution < 1.29 is 14.2 Å². The quantitative estimate of drug-likeness (QED) is 0.927. The molecule has 0 aliphatic carbocycles. The second-order valence-corrected chi connectivity index (χ2v) is 6.23. The minimum Gasteiger partial charge on any atom is -0.495 e. The molecule has 5 heteroatoms. The van der Waals surface area contributed by atoms with E-state index in [-0.39, 0.29) is 5.60 Å². The van der Waals surface area contributed by atoms with Crippen molar-refractivity contribution in [3.63, 3.8) is 0 Å². The highest BCUT2D eigenvalue weighted by atomic mass is 35.5. The number of nitrogens with one attached hydrogen (secondary N) is 1. The van der Waals surface area contributed by atoms with E-state index in [0.29, 0.717) is 16.8 Å². The summed E-state index contributed by atoms with van der Waals surface area (Å²) in [5.74, 6) is 0.703. The van der Waals surface area contributed by atoms with Crippen molar-refractivity contribution >= 4 is 17.3 Å². The molecule has 0 radical (unpaired) electrons. The van der Waals surface area contributed by atoms with Crippen LogP contribution in [0.3, 0.4) is 0 Å². The lowest BCUT2D eigenvalue weighted by Gasteiger charge is -2.43. The highest BCUT2D eigenvalue weighted by Crippen LogP contribution is 2.36. The predicted octanol–water partition coefficient (Wildman–Crippen LogP) is 3.49. The maximum Gasteiger partial charge on any atom is 0.139 e. The van der Waals surface area contributed by atoms with Crippen LogP contribution in [0.1, 0.15) is 25.7 Å². The van der Waals surface area contributed by atoms with Crippen LogP contribution in [0.2, 0.25) is 5.02 Å². The molecule has 1 spiro atoms. The van der Waals surface area contributed by atoms with E-state index in [0.717, 1.165) is 51.2 Å². The topological polar surface area (TPSA) is 39.7 Å². The van der Waals surface area contributed by atoms with Crippen molar-refractivity contribution in [2.24, 2.45) is 0 Å². The number of halogens is 1. The zero-order valence-electron chi connectivity index (χ0n) is 12.4. The second kappa shape index (κ2) is 6.42. The summed E-state index contributed by atoms with van der Waals surface area (Å²) in [6.45, 7) is 2.42. The molecular formula is C16H22ClNO3. The average Bonchev–Trinajstić information content (AvgIpc) is 2.50. The van der Waals surface area contributed by atoms with E-state index in [1.54, 1.807) is 7.11 Å². The molecule has 2 saturated heterocycles. The summed E-state index contributed by atoms with van der Waals surface area (Å²) in [5, 5.41) is 4.23. The SMILES string of the molecule is COc1cc(NC2CCOC3(CCOCC3)C2)ccc1Cl. The van der Waals surface area contributed by atoms with Crippen LogP contribution in [0.25, 0.3) is 0 Å². The Hall–Kier alpha value is -0.970. The standard InChI is InChI=1S/C16H22ClNO3/c1-19-15-10-12(2-3-14(15)17)18-13-4-7-21-16(11-13)5-8-20-9-6-16/h2-3,10,13,18H,4-9,11H2,1H3. The van der Waals surface area contributed by atoms with Gasteiger partial charge < -0.3 is 19.5 Å². The fraction of sp³-hybridized carbons (Fsp3) is 0.625. The molecule has 0 amide bonds. The van der Waals surface area contributed by atoms with E-state index >= 15 is 0 Å². The van der Waals surface area contributed by atoms with Crippen molar-refractivity contribution in [2.75, 3.05) is 32.2 Å². The van der Waals surface area contributed by atoms with Gasteiger partial charge in [0.2, 0.25) is 0 Å². The van der Waals surface area contributed by atoms with E-state index < -0.39 is 0 Å². The third-order valence-corrected chi connectivity index (χ3v) is 4.73. The number of methoxy groups -OCH3 is 1. The van der Waals surface area contributed by atoms with Crippen molar-refractivity contribution in [1.82, 2.24) is 0 Å². The van der Waals surface area contributed by atoms with Crippen LogP contribution in [0.15, 0.2) is 18.2 Å². The Balaban J connectivity index is 1.67. The molecule has 1 aromatic carbocycles. The van der Waals surface area contributed by atoms with Crippen LogP contribution < -0.4 is 10.1 Å². The molecule has 1 aromatic rings. The van der Waals surface area contributed by atoms with Crippen molar-refractivity contribution in [3.05, 3.63) is 23.2 Å². The highest BCUT2D eigenvalue weighted by Gasteiger charge is 2.38. The number of benzene rings is 1. The van der Waals surface area contributed by atoms with Gasteiger partial charge in [-0.15, -0.1) is 0 Å². The van der Waals surface area contributed by atoms with Gasteiger partial charge in [-0.05, 0) is 37.8 Å². The van der Waals surface area contributed by atoms with Gasteiger partial charge in [0.15, 0.2) is 0 Å². The zero-order chi connectivity index (χ0) is 14.7. The number of hydrogen-bond acceptors (Lipinski definition) is 4.